The molecule has 0 spiro atoms. The van der Waals surface area contributed by atoms with Crippen molar-refractivity contribution in [2.45, 2.75) is 19.3 Å². The molecular weight excluding hydrogens is 305 g/mol. The van der Waals surface area contributed by atoms with Crippen LogP contribution >= 0.6 is 0 Å². The Morgan fingerprint density at radius 3 is 2.42 bits per heavy atom. The average Bonchev–Trinajstić information content (AvgIpc) is 3.12. The van der Waals surface area contributed by atoms with Crippen LogP contribution in [0.2, 0.25) is 0 Å². The number of anilines is 1. The van der Waals surface area contributed by atoms with Crippen LogP contribution in [-0.2, 0) is 11.2 Å². The summed E-state index contributed by atoms with van der Waals surface area (Å²) >= 11 is 0. The lowest BCUT2D eigenvalue weighted by molar-refractivity contribution is -0.120. The van der Waals surface area contributed by atoms with E-state index in [-0.39, 0.29) is 18.1 Å². The Labute approximate surface area is 141 Å². The number of carbonyl (C=O) groups excluding carboxylic acids is 1. The fourth-order valence-electron chi connectivity index (χ4n) is 2.75. The Morgan fingerprint density at radius 1 is 1.08 bits per heavy atom. The van der Waals surface area contributed by atoms with Gasteiger partial charge in [0.25, 0.3) is 0 Å². The summed E-state index contributed by atoms with van der Waals surface area (Å²) in [6.45, 7) is 2.24. The minimum Gasteiger partial charge on any atom is -0.372 e. The monoisotopic (exact) mass is 325 g/mol. The minimum absolute atomic E-state index is 0.172. The number of hydrazone groups is 1. The number of nitrogens with one attached hydrogen (secondary N) is 1. The van der Waals surface area contributed by atoms with Crippen LogP contribution in [0, 0.1) is 5.82 Å². The van der Waals surface area contributed by atoms with Crippen molar-refractivity contribution in [1.29, 1.82) is 0 Å². The van der Waals surface area contributed by atoms with Gasteiger partial charge in [-0.1, -0.05) is 24.3 Å². The molecule has 124 valence electrons. The molecular formula is C19H20FN3O. The van der Waals surface area contributed by atoms with Crippen LogP contribution in [0.4, 0.5) is 10.1 Å². The number of hydrogen-bond acceptors (Lipinski definition) is 3. The highest BCUT2D eigenvalue weighted by atomic mass is 19.1. The maximum atomic E-state index is 12.8. The van der Waals surface area contributed by atoms with Gasteiger partial charge in [0, 0.05) is 18.8 Å². The Hall–Kier alpha value is -2.69. The lowest BCUT2D eigenvalue weighted by Gasteiger charge is -2.17. The van der Waals surface area contributed by atoms with Crippen molar-refractivity contribution in [1.82, 2.24) is 5.43 Å². The van der Waals surface area contributed by atoms with Crippen LogP contribution < -0.4 is 10.3 Å². The summed E-state index contributed by atoms with van der Waals surface area (Å²) in [6, 6.07) is 14.0. The first kappa shape index (κ1) is 16.2. The van der Waals surface area contributed by atoms with E-state index in [2.05, 4.69) is 27.6 Å². The van der Waals surface area contributed by atoms with Crippen molar-refractivity contribution in [3.8, 4) is 0 Å². The molecule has 2 aromatic carbocycles. The first-order valence-corrected chi connectivity index (χ1v) is 8.12. The van der Waals surface area contributed by atoms with E-state index in [0.717, 1.165) is 24.2 Å². The van der Waals surface area contributed by atoms with Gasteiger partial charge in [-0.25, -0.2) is 9.82 Å². The van der Waals surface area contributed by atoms with E-state index in [1.165, 1.54) is 30.7 Å². The Kier molecular flexibility index (Phi) is 5.21. The molecule has 5 heteroatoms. The third kappa shape index (κ3) is 4.41. The highest BCUT2D eigenvalue weighted by molar-refractivity contribution is 5.83. The SMILES string of the molecule is O=C(Cc1ccc(F)cc1)N/N=C/c1ccc(N2CCCC2)cc1. The lowest BCUT2D eigenvalue weighted by atomic mass is 10.1. The molecule has 0 radical (unpaired) electrons. The predicted molar refractivity (Wildman–Crippen MR) is 93.7 cm³/mol. The fraction of sp³-hybridized carbons (Fsp3) is 0.263. The van der Waals surface area contributed by atoms with Gasteiger partial charge >= 0.3 is 0 Å². The first-order valence-electron chi connectivity index (χ1n) is 8.12. The zero-order chi connectivity index (χ0) is 16.8. The zero-order valence-electron chi connectivity index (χ0n) is 13.4. The van der Waals surface area contributed by atoms with Gasteiger partial charge < -0.3 is 4.90 Å². The summed E-state index contributed by atoms with van der Waals surface area (Å²) in [5.41, 5.74) is 5.40. The molecule has 24 heavy (non-hydrogen) atoms. The molecule has 1 amide bonds. The Morgan fingerprint density at radius 2 is 1.75 bits per heavy atom. The van der Waals surface area contributed by atoms with E-state index in [1.807, 2.05) is 12.1 Å². The molecule has 1 heterocycles. The maximum absolute atomic E-state index is 12.8. The molecule has 0 aromatic heterocycles. The van der Waals surface area contributed by atoms with E-state index in [9.17, 15) is 9.18 Å². The topological polar surface area (TPSA) is 44.7 Å². The standard InChI is InChI=1S/C19H20FN3O/c20-17-7-3-15(4-8-17)13-19(24)22-21-14-16-5-9-18(10-6-16)23-11-1-2-12-23/h3-10,14H,1-2,11-13H2,(H,22,24)/b21-14+. The van der Waals surface area contributed by atoms with Gasteiger partial charge in [0.15, 0.2) is 0 Å². The summed E-state index contributed by atoms with van der Waals surface area (Å²) in [7, 11) is 0. The van der Waals surface area contributed by atoms with Crippen LogP contribution in [-0.4, -0.2) is 25.2 Å². The number of carbonyl (C=O) groups is 1. The van der Waals surface area contributed by atoms with Crippen molar-refractivity contribution in [2.75, 3.05) is 18.0 Å². The van der Waals surface area contributed by atoms with Crippen molar-refractivity contribution in [3.05, 3.63) is 65.5 Å². The number of hydrogen-bond donors (Lipinski definition) is 1. The van der Waals surface area contributed by atoms with Crippen molar-refractivity contribution in [2.24, 2.45) is 5.10 Å². The third-order valence-corrected chi connectivity index (χ3v) is 4.05. The zero-order valence-corrected chi connectivity index (χ0v) is 13.4. The van der Waals surface area contributed by atoms with Gasteiger partial charge in [-0.15, -0.1) is 0 Å². The maximum Gasteiger partial charge on any atom is 0.244 e. The molecule has 0 atom stereocenters. The van der Waals surface area contributed by atoms with Gasteiger partial charge in [0.05, 0.1) is 12.6 Å². The number of halogens is 1. The van der Waals surface area contributed by atoms with Gasteiger partial charge in [0.1, 0.15) is 5.82 Å². The summed E-state index contributed by atoms with van der Waals surface area (Å²) in [4.78, 5) is 14.2. The molecule has 0 bridgehead atoms. The molecule has 0 aliphatic carbocycles. The molecule has 0 saturated carbocycles. The fourth-order valence-corrected chi connectivity index (χ4v) is 2.75. The van der Waals surface area contributed by atoms with Crippen molar-refractivity contribution in [3.63, 3.8) is 0 Å². The third-order valence-electron chi connectivity index (χ3n) is 4.05. The van der Waals surface area contributed by atoms with Crippen LogP contribution in [0.5, 0.6) is 0 Å². The van der Waals surface area contributed by atoms with Gasteiger partial charge in [0.2, 0.25) is 5.91 Å². The van der Waals surface area contributed by atoms with E-state index < -0.39 is 0 Å². The minimum atomic E-state index is -0.311. The number of nitrogens with zero attached hydrogens (tertiary/aromatic N) is 2. The quantitative estimate of drug-likeness (QED) is 0.678. The Balaban J connectivity index is 1.50. The van der Waals surface area contributed by atoms with E-state index in [1.54, 1.807) is 18.3 Å². The second-order valence-electron chi connectivity index (χ2n) is 5.88. The van der Waals surface area contributed by atoms with E-state index in [0.29, 0.717) is 0 Å². The molecule has 1 N–H and O–H groups in total. The largest absolute Gasteiger partial charge is 0.372 e. The Bertz CT molecular complexity index is 704. The normalized spacial score (nSPS) is 14.3. The van der Waals surface area contributed by atoms with Crippen LogP contribution in [0.25, 0.3) is 0 Å². The van der Waals surface area contributed by atoms with Crippen LogP contribution in [0.15, 0.2) is 53.6 Å². The van der Waals surface area contributed by atoms with Crippen LogP contribution in [0.3, 0.4) is 0 Å². The number of amides is 1. The van der Waals surface area contributed by atoms with Crippen molar-refractivity contribution < 1.29 is 9.18 Å². The number of rotatable bonds is 5. The predicted octanol–water partition coefficient (Wildman–Crippen LogP) is 3.12. The summed E-state index contributed by atoms with van der Waals surface area (Å²) < 4.78 is 12.8. The van der Waals surface area contributed by atoms with Gasteiger partial charge in [-0.2, -0.15) is 5.10 Å². The van der Waals surface area contributed by atoms with Crippen molar-refractivity contribution >= 4 is 17.8 Å². The summed E-state index contributed by atoms with van der Waals surface area (Å²) in [6.07, 6.45) is 4.30. The molecule has 2 aromatic rings. The summed E-state index contributed by atoms with van der Waals surface area (Å²) in [5, 5.41) is 3.97. The number of benzene rings is 2. The lowest BCUT2D eigenvalue weighted by Crippen LogP contribution is -2.19. The molecule has 1 fully saturated rings. The summed E-state index contributed by atoms with van der Waals surface area (Å²) in [5.74, 6) is -0.541. The first-order chi connectivity index (χ1) is 11.7. The molecule has 0 unspecified atom stereocenters. The highest BCUT2D eigenvalue weighted by Gasteiger charge is 2.11. The average molecular weight is 325 g/mol. The molecule has 3 rings (SSSR count). The second-order valence-corrected chi connectivity index (χ2v) is 5.88. The molecule has 1 aliphatic heterocycles. The van der Waals surface area contributed by atoms with E-state index >= 15 is 0 Å². The smallest absolute Gasteiger partial charge is 0.244 e. The highest BCUT2D eigenvalue weighted by Crippen LogP contribution is 2.19. The molecule has 1 saturated heterocycles. The molecule has 1 aliphatic rings. The van der Waals surface area contributed by atoms with E-state index in [4.69, 9.17) is 0 Å². The van der Waals surface area contributed by atoms with Crippen LogP contribution in [0.1, 0.15) is 24.0 Å². The molecule has 4 nitrogen and oxygen atoms in total. The van der Waals surface area contributed by atoms with Gasteiger partial charge in [-0.3, -0.25) is 4.79 Å². The second kappa shape index (κ2) is 7.73. The van der Waals surface area contributed by atoms with Gasteiger partial charge in [-0.05, 0) is 48.2 Å².